The van der Waals surface area contributed by atoms with Crippen molar-refractivity contribution in [2.24, 2.45) is 0 Å². The number of aliphatic hydroxyl groups excluding tert-OH is 1. The minimum atomic E-state index is -0.312. The Balaban J connectivity index is 1.44. The number of aryl methyl sites for hydroxylation is 2. The van der Waals surface area contributed by atoms with E-state index in [0.717, 1.165) is 42.0 Å². The molecule has 2 aliphatic rings. The third-order valence-corrected chi connectivity index (χ3v) is 7.16. The van der Waals surface area contributed by atoms with E-state index in [1.165, 1.54) is 6.08 Å². The molecule has 2 aromatic heterocycles. The fourth-order valence-electron chi connectivity index (χ4n) is 4.99. The number of carbonyl (C=O) groups is 1. The highest BCUT2D eigenvalue weighted by atomic mass is 16.5. The van der Waals surface area contributed by atoms with E-state index < -0.39 is 0 Å². The van der Waals surface area contributed by atoms with Gasteiger partial charge in [-0.3, -0.25) is 9.69 Å². The molecule has 2 fully saturated rings. The van der Waals surface area contributed by atoms with Crippen LogP contribution in [-0.4, -0.2) is 88.3 Å². The smallest absolute Gasteiger partial charge is 0.247 e. The van der Waals surface area contributed by atoms with Gasteiger partial charge in [0, 0.05) is 62.3 Å². The molecule has 2 aliphatic heterocycles. The number of aromatic nitrogens is 4. The number of amides is 1. The summed E-state index contributed by atoms with van der Waals surface area (Å²) in [5.74, 6) is 1.27. The number of nitrogens with one attached hydrogen (secondary N) is 2. The molecule has 4 heterocycles. The van der Waals surface area contributed by atoms with Gasteiger partial charge in [0.15, 0.2) is 5.82 Å². The first-order chi connectivity index (χ1) is 19.3. The standard InChI is InChI=1S/C28H36N8O4/c1-5-26(38)30-22-12-23(25(39-4)13-24(22)35-8-10-40-11-9-35)31-28-29-14-18(2)27(32-28)36-16-20(19(3)33-36)15-34-7-6-21(37)17-34/h5,12-14,16,21,37H,1,6-11,15,17H2,2-4H3,(H,30,38)(H,29,31,32). The highest BCUT2D eigenvalue weighted by Gasteiger charge is 2.23. The third-order valence-electron chi connectivity index (χ3n) is 7.16. The van der Waals surface area contributed by atoms with Gasteiger partial charge in [-0.05, 0) is 32.4 Å². The molecular formula is C28H36N8O4. The quantitative estimate of drug-likeness (QED) is 0.343. The van der Waals surface area contributed by atoms with Crippen LogP contribution in [0.5, 0.6) is 5.75 Å². The fraction of sp³-hybridized carbons (Fsp3) is 0.429. The molecule has 0 bridgehead atoms. The van der Waals surface area contributed by atoms with E-state index in [1.807, 2.05) is 32.2 Å². The van der Waals surface area contributed by atoms with E-state index in [2.05, 4.69) is 32.0 Å². The van der Waals surface area contributed by atoms with E-state index in [-0.39, 0.29) is 12.0 Å². The predicted molar refractivity (Wildman–Crippen MR) is 153 cm³/mol. The number of rotatable bonds is 9. The Bertz CT molecular complexity index is 1380. The van der Waals surface area contributed by atoms with Crippen molar-refractivity contribution in [3.05, 3.63) is 54.0 Å². The van der Waals surface area contributed by atoms with Crippen LogP contribution in [0.2, 0.25) is 0 Å². The van der Waals surface area contributed by atoms with Gasteiger partial charge in [0.2, 0.25) is 11.9 Å². The Kier molecular flexibility index (Phi) is 8.29. The van der Waals surface area contributed by atoms with Gasteiger partial charge < -0.3 is 30.1 Å². The summed E-state index contributed by atoms with van der Waals surface area (Å²) in [6, 6.07) is 3.70. The SMILES string of the molecule is C=CC(=O)Nc1cc(Nc2ncc(C)c(-n3cc(CN4CCC(O)C4)c(C)n3)n2)c(OC)cc1N1CCOCC1. The van der Waals surface area contributed by atoms with E-state index in [4.69, 9.17) is 19.6 Å². The Morgan fingerprint density at radius 1 is 1.25 bits per heavy atom. The Labute approximate surface area is 233 Å². The first-order valence-electron chi connectivity index (χ1n) is 13.4. The van der Waals surface area contributed by atoms with Crippen molar-refractivity contribution in [3.8, 4) is 11.6 Å². The molecule has 1 unspecified atom stereocenters. The molecule has 0 aliphatic carbocycles. The topological polar surface area (TPSA) is 130 Å². The highest BCUT2D eigenvalue weighted by molar-refractivity contribution is 6.02. The average Bonchev–Trinajstić information content (AvgIpc) is 3.54. The number of morpholine rings is 1. The van der Waals surface area contributed by atoms with E-state index in [9.17, 15) is 9.90 Å². The van der Waals surface area contributed by atoms with Gasteiger partial charge in [0.1, 0.15) is 5.75 Å². The van der Waals surface area contributed by atoms with Crippen molar-refractivity contribution in [3.63, 3.8) is 0 Å². The van der Waals surface area contributed by atoms with Crippen molar-refractivity contribution >= 4 is 28.9 Å². The van der Waals surface area contributed by atoms with Crippen LogP contribution in [0.25, 0.3) is 5.82 Å². The molecule has 1 atom stereocenters. The van der Waals surface area contributed by atoms with Crippen molar-refractivity contribution in [1.82, 2.24) is 24.6 Å². The highest BCUT2D eigenvalue weighted by Crippen LogP contribution is 2.38. The zero-order valence-electron chi connectivity index (χ0n) is 23.2. The van der Waals surface area contributed by atoms with Crippen LogP contribution in [0.15, 0.2) is 37.2 Å². The lowest BCUT2D eigenvalue weighted by atomic mass is 10.1. The number of ether oxygens (including phenoxy) is 2. The van der Waals surface area contributed by atoms with Crippen LogP contribution < -0.4 is 20.3 Å². The summed E-state index contributed by atoms with van der Waals surface area (Å²) in [5.41, 5.74) is 4.91. The van der Waals surface area contributed by atoms with E-state index >= 15 is 0 Å². The maximum atomic E-state index is 12.3. The van der Waals surface area contributed by atoms with Crippen molar-refractivity contribution in [1.29, 1.82) is 0 Å². The van der Waals surface area contributed by atoms with Gasteiger partial charge in [-0.15, -0.1) is 0 Å². The van der Waals surface area contributed by atoms with Gasteiger partial charge in [-0.25, -0.2) is 9.67 Å². The van der Waals surface area contributed by atoms with Gasteiger partial charge in [0.05, 0.1) is 49.2 Å². The number of benzene rings is 1. The van der Waals surface area contributed by atoms with Crippen LogP contribution in [0.3, 0.4) is 0 Å². The number of carbonyl (C=O) groups excluding carboxylic acids is 1. The van der Waals surface area contributed by atoms with Crippen LogP contribution in [0, 0.1) is 13.8 Å². The summed E-state index contributed by atoms with van der Waals surface area (Å²) in [5, 5.41) is 20.8. The number of hydrogen-bond donors (Lipinski definition) is 3. The molecule has 12 heteroatoms. The molecule has 1 amide bonds. The van der Waals surface area contributed by atoms with Gasteiger partial charge >= 0.3 is 0 Å². The molecule has 3 N–H and O–H groups in total. The van der Waals surface area contributed by atoms with E-state index in [0.29, 0.717) is 61.7 Å². The fourth-order valence-corrected chi connectivity index (χ4v) is 4.99. The maximum Gasteiger partial charge on any atom is 0.247 e. The lowest BCUT2D eigenvalue weighted by Crippen LogP contribution is -2.36. The summed E-state index contributed by atoms with van der Waals surface area (Å²) < 4.78 is 13.0. The summed E-state index contributed by atoms with van der Waals surface area (Å²) in [6.45, 7) is 12.4. The molecule has 212 valence electrons. The summed E-state index contributed by atoms with van der Waals surface area (Å²) >= 11 is 0. The molecule has 0 saturated carbocycles. The number of nitrogens with zero attached hydrogens (tertiary/aromatic N) is 6. The Morgan fingerprint density at radius 3 is 2.75 bits per heavy atom. The second kappa shape index (κ2) is 12.0. The third kappa shape index (κ3) is 6.09. The van der Waals surface area contributed by atoms with Crippen molar-refractivity contribution < 1.29 is 19.4 Å². The molecule has 3 aromatic rings. The minimum absolute atomic E-state index is 0.265. The average molecular weight is 549 g/mol. The van der Waals surface area contributed by atoms with Crippen LogP contribution in [0.4, 0.5) is 23.0 Å². The lowest BCUT2D eigenvalue weighted by Gasteiger charge is -2.31. The lowest BCUT2D eigenvalue weighted by molar-refractivity contribution is -0.111. The number of β-amino-alcohol motifs (C(OH)–C–C–N with tert-alkyl or cyclic N) is 1. The normalized spacial score (nSPS) is 17.6. The summed E-state index contributed by atoms with van der Waals surface area (Å²) in [7, 11) is 1.60. The molecule has 40 heavy (non-hydrogen) atoms. The summed E-state index contributed by atoms with van der Waals surface area (Å²) in [4.78, 5) is 25.9. The maximum absolute atomic E-state index is 12.3. The largest absolute Gasteiger partial charge is 0.494 e. The zero-order chi connectivity index (χ0) is 28.2. The first-order valence-corrected chi connectivity index (χ1v) is 13.4. The number of methoxy groups -OCH3 is 1. The summed E-state index contributed by atoms with van der Waals surface area (Å²) in [6.07, 6.45) is 5.50. The number of aliphatic hydroxyl groups is 1. The van der Waals surface area contributed by atoms with Gasteiger partial charge in [-0.1, -0.05) is 6.58 Å². The van der Waals surface area contributed by atoms with Crippen LogP contribution in [0.1, 0.15) is 23.2 Å². The first kappa shape index (κ1) is 27.6. The molecule has 0 radical (unpaired) electrons. The second-order valence-electron chi connectivity index (χ2n) is 10.0. The van der Waals surface area contributed by atoms with E-state index in [1.54, 1.807) is 18.0 Å². The zero-order valence-corrected chi connectivity index (χ0v) is 23.2. The molecule has 12 nitrogen and oxygen atoms in total. The number of anilines is 4. The molecule has 0 spiro atoms. The minimum Gasteiger partial charge on any atom is -0.494 e. The second-order valence-corrected chi connectivity index (χ2v) is 10.0. The molecule has 2 saturated heterocycles. The predicted octanol–water partition coefficient (Wildman–Crippen LogP) is 2.56. The van der Waals surface area contributed by atoms with Gasteiger partial charge in [-0.2, -0.15) is 10.1 Å². The van der Waals surface area contributed by atoms with Gasteiger partial charge in [0.25, 0.3) is 0 Å². The Morgan fingerprint density at radius 2 is 2.05 bits per heavy atom. The monoisotopic (exact) mass is 548 g/mol. The number of hydrogen-bond acceptors (Lipinski definition) is 10. The van der Waals surface area contributed by atoms with Crippen LogP contribution >= 0.6 is 0 Å². The van der Waals surface area contributed by atoms with Crippen LogP contribution in [-0.2, 0) is 16.1 Å². The number of likely N-dealkylation sites (tertiary alicyclic amines) is 1. The molecule has 5 rings (SSSR count). The van der Waals surface area contributed by atoms with Crippen molar-refractivity contribution in [2.75, 3.05) is 62.0 Å². The Hall–Kier alpha value is -4.00. The van der Waals surface area contributed by atoms with Crippen molar-refractivity contribution in [2.45, 2.75) is 32.9 Å². The molecule has 1 aromatic carbocycles. The molecular weight excluding hydrogens is 512 g/mol.